The summed E-state index contributed by atoms with van der Waals surface area (Å²) < 4.78 is 4.49. The summed E-state index contributed by atoms with van der Waals surface area (Å²) in [7, 11) is 0. The summed E-state index contributed by atoms with van der Waals surface area (Å²) in [5, 5.41) is 6.83. The highest BCUT2D eigenvalue weighted by Crippen LogP contribution is 2.36. The first-order chi connectivity index (χ1) is 19.0. The maximum Gasteiger partial charge on any atom is 0.239 e. The van der Waals surface area contributed by atoms with Gasteiger partial charge in [0.2, 0.25) is 17.5 Å². The fraction of sp³-hybridized carbons (Fsp3) is 0.379. The molecule has 0 spiro atoms. The third kappa shape index (κ3) is 5.65. The second-order valence-electron chi connectivity index (χ2n) is 10.0. The molecule has 1 fully saturated rings. The lowest BCUT2D eigenvalue weighted by molar-refractivity contribution is -0.505. The Morgan fingerprint density at radius 1 is 1.15 bits per heavy atom. The van der Waals surface area contributed by atoms with E-state index in [4.69, 9.17) is 22.4 Å². The number of amides is 1. The molecule has 204 valence electrons. The Labute approximate surface area is 238 Å². The highest BCUT2D eigenvalue weighted by atomic mass is 35.5. The molecule has 8 nitrogen and oxygen atoms in total. The van der Waals surface area contributed by atoms with Crippen molar-refractivity contribution >= 4 is 64.0 Å². The van der Waals surface area contributed by atoms with Crippen molar-refractivity contribution in [3.63, 3.8) is 0 Å². The number of rotatable bonds is 9. The van der Waals surface area contributed by atoms with Gasteiger partial charge >= 0.3 is 0 Å². The van der Waals surface area contributed by atoms with Crippen molar-refractivity contribution < 1.29 is 8.75 Å². The largest absolute Gasteiger partial charge is 0.325 e. The molecule has 0 bridgehead atoms. The standard InChI is InChI=1S/C29H34ClN7OS/c1-3-7-20(2)23(34-31)19-32-26-14-12-24-29(21-8-10-22(11-9-21)33-27(38)18-30)25-13-15-28(37(25)39-36(24)26)35-16-5-4-6-17-35/h8-15,19-20H,3-7,16-18H2,1-2H3,(H2,31,32,33,38)/p+1. The van der Waals surface area contributed by atoms with Gasteiger partial charge in [0.1, 0.15) is 17.1 Å². The number of anilines is 2. The molecule has 1 aromatic heterocycles. The van der Waals surface area contributed by atoms with Crippen LogP contribution in [0.15, 0.2) is 58.6 Å². The maximum atomic E-state index is 11.8. The molecule has 3 aliphatic heterocycles. The van der Waals surface area contributed by atoms with Crippen molar-refractivity contribution in [2.75, 3.05) is 29.2 Å². The normalized spacial score (nSPS) is 15.5. The second kappa shape index (κ2) is 12.2. The third-order valence-electron chi connectivity index (χ3n) is 7.27. The number of carbonyl (C=O) groups is 1. The maximum absolute atomic E-state index is 11.8. The van der Waals surface area contributed by atoms with Crippen LogP contribution in [0.5, 0.6) is 0 Å². The molecule has 2 aromatic rings. The number of piperidine rings is 1. The van der Waals surface area contributed by atoms with Crippen LogP contribution in [0.25, 0.3) is 22.3 Å². The van der Waals surface area contributed by atoms with Crippen molar-refractivity contribution in [2.45, 2.75) is 46.0 Å². The zero-order valence-corrected chi connectivity index (χ0v) is 24.0. The SMILES string of the molecule is CCCC(C)C(C=Nc1ccc2c(-c3ccc(NC(=O)CCl)cc3)c3ccc(N4CCCCC4)[n+]-3sn12)=NN. The van der Waals surface area contributed by atoms with Crippen molar-refractivity contribution in [2.24, 2.45) is 21.9 Å². The van der Waals surface area contributed by atoms with Crippen LogP contribution >= 0.6 is 23.3 Å². The molecule has 1 unspecified atom stereocenters. The Morgan fingerprint density at radius 3 is 2.62 bits per heavy atom. The fourth-order valence-corrected chi connectivity index (χ4v) is 6.40. The van der Waals surface area contributed by atoms with E-state index in [0.29, 0.717) is 0 Å². The van der Waals surface area contributed by atoms with Crippen LogP contribution in [0.4, 0.5) is 17.3 Å². The van der Waals surface area contributed by atoms with Gasteiger partial charge in [-0.2, -0.15) is 8.89 Å². The summed E-state index contributed by atoms with van der Waals surface area (Å²) in [4.78, 5) is 19.1. The van der Waals surface area contributed by atoms with Crippen molar-refractivity contribution in [1.29, 1.82) is 0 Å². The van der Waals surface area contributed by atoms with Crippen LogP contribution in [0.2, 0.25) is 0 Å². The smallest absolute Gasteiger partial charge is 0.239 e. The molecule has 3 aliphatic rings. The Bertz CT molecular complexity index is 1470. The van der Waals surface area contributed by atoms with Gasteiger partial charge in [0, 0.05) is 23.7 Å². The first-order valence-corrected chi connectivity index (χ1v) is 14.8. The van der Waals surface area contributed by atoms with Crippen molar-refractivity contribution in [3.05, 3.63) is 48.5 Å². The summed E-state index contributed by atoms with van der Waals surface area (Å²) in [5.41, 5.74) is 5.88. The van der Waals surface area contributed by atoms with E-state index in [1.165, 1.54) is 25.1 Å². The van der Waals surface area contributed by atoms with E-state index in [0.717, 1.165) is 65.5 Å². The van der Waals surface area contributed by atoms with Gasteiger partial charge < -0.3 is 11.2 Å². The summed E-state index contributed by atoms with van der Waals surface area (Å²) in [6.07, 6.45) is 7.57. The van der Waals surface area contributed by atoms with E-state index in [1.807, 2.05) is 30.3 Å². The molecule has 0 aliphatic carbocycles. The molecule has 39 heavy (non-hydrogen) atoms. The van der Waals surface area contributed by atoms with Gasteiger partial charge in [0.15, 0.2) is 11.7 Å². The van der Waals surface area contributed by atoms with Gasteiger partial charge in [-0.25, -0.2) is 4.99 Å². The lowest BCUT2D eigenvalue weighted by Crippen LogP contribution is -2.40. The molecular formula is C29H35ClN7OS+. The molecule has 10 heteroatoms. The van der Waals surface area contributed by atoms with Crippen LogP contribution in [0.1, 0.15) is 46.0 Å². The number of carbonyl (C=O) groups excluding carboxylic acids is 1. The van der Waals surface area contributed by atoms with E-state index in [2.05, 4.69) is 55.1 Å². The molecular weight excluding hydrogens is 530 g/mol. The number of nitrogens with two attached hydrogens (primary N) is 1. The third-order valence-corrected chi connectivity index (χ3v) is 8.61. The molecule has 1 aromatic carbocycles. The summed E-state index contributed by atoms with van der Waals surface area (Å²) in [6.45, 7) is 6.41. The monoisotopic (exact) mass is 564 g/mol. The van der Waals surface area contributed by atoms with E-state index in [-0.39, 0.29) is 17.7 Å². The van der Waals surface area contributed by atoms with E-state index in [1.54, 1.807) is 17.9 Å². The molecule has 1 atom stereocenters. The van der Waals surface area contributed by atoms with Crippen molar-refractivity contribution in [3.8, 4) is 16.8 Å². The lowest BCUT2D eigenvalue weighted by atomic mass is 10.0. The highest BCUT2D eigenvalue weighted by molar-refractivity contribution is 6.96. The fourth-order valence-electron chi connectivity index (χ4n) is 5.24. The van der Waals surface area contributed by atoms with Crippen LogP contribution in [-0.2, 0) is 4.79 Å². The number of alkyl halides is 1. The van der Waals surface area contributed by atoms with Crippen LogP contribution in [0.3, 0.4) is 0 Å². The molecule has 1 amide bonds. The molecule has 0 radical (unpaired) electrons. The number of nitrogens with one attached hydrogen (secondary N) is 1. The van der Waals surface area contributed by atoms with E-state index < -0.39 is 0 Å². The Balaban J connectivity index is 1.62. The molecule has 4 heterocycles. The van der Waals surface area contributed by atoms with E-state index >= 15 is 0 Å². The van der Waals surface area contributed by atoms with Gasteiger partial charge in [-0.1, -0.05) is 32.4 Å². The van der Waals surface area contributed by atoms with Crippen molar-refractivity contribution in [1.82, 2.24) is 3.79 Å². The molecule has 5 rings (SSSR count). The topological polar surface area (TPSA) is 91.4 Å². The van der Waals surface area contributed by atoms with E-state index in [9.17, 15) is 4.79 Å². The average molecular weight is 565 g/mol. The Morgan fingerprint density at radius 2 is 1.92 bits per heavy atom. The number of aliphatic imine (C=N–C) groups is 1. The quantitative estimate of drug-likeness (QED) is 0.0858. The molecule has 1 saturated heterocycles. The minimum Gasteiger partial charge on any atom is -0.325 e. The minimum atomic E-state index is -0.226. The zero-order valence-electron chi connectivity index (χ0n) is 22.4. The predicted octanol–water partition coefficient (Wildman–Crippen LogP) is 6.00. The number of hydrogen-bond acceptors (Lipinski definition) is 6. The number of nitrogens with zero attached hydrogens (tertiary/aromatic N) is 5. The van der Waals surface area contributed by atoms with Gasteiger partial charge in [-0.15, -0.1) is 15.6 Å². The van der Waals surface area contributed by atoms with Gasteiger partial charge in [-0.3, -0.25) is 9.69 Å². The second-order valence-corrected chi connectivity index (χ2v) is 11.2. The number of halogens is 1. The summed E-state index contributed by atoms with van der Waals surface area (Å²) in [6, 6.07) is 16.5. The number of fused-ring (bicyclic) bond motifs is 2. The van der Waals surface area contributed by atoms with Gasteiger partial charge in [0.05, 0.1) is 30.6 Å². The number of benzene rings is 1. The average Bonchev–Trinajstić information content (AvgIpc) is 3.57. The first-order valence-electron chi connectivity index (χ1n) is 13.6. The molecule has 0 saturated carbocycles. The minimum absolute atomic E-state index is 0.0756. The van der Waals surface area contributed by atoms with Crippen LogP contribution in [0, 0.1) is 5.92 Å². The zero-order chi connectivity index (χ0) is 27.4. The first kappa shape index (κ1) is 27.1. The lowest BCUT2D eigenvalue weighted by Gasteiger charge is -2.23. The Hall–Kier alpha value is -3.43. The summed E-state index contributed by atoms with van der Waals surface area (Å²) >= 11 is 7.32. The van der Waals surface area contributed by atoms with Gasteiger partial charge in [-0.05, 0) is 55.5 Å². The highest BCUT2D eigenvalue weighted by Gasteiger charge is 2.29. The van der Waals surface area contributed by atoms with Crippen LogP contribution < -0.4 is 20.0 Å². The number of hydrazone groups is 1. The summed E-state index contributed by atoms with van der Waals surface area (Å²) in [5.74, 6) is 7.69. The van der Waals surface area contributed by atoms with Crippen LogP contribution in [-0.4, -0.2) is 40.6 Å². The molecule has 3 N–H and O–H groups in total. The number of aromatic nitrogens is 2. The Kier molecular flexibility index (Phi) is 8.47. The van der Waals surface area contributed by atoms with Gasteiger partial charge in [0.25, 0.3) is 0 Å². The number of hydrogen-bond donors (Lipinski definition) is 2. The predicted molar refractivity (Wildman–Crippen MR) is 163 cm³/mol.